The maximum Gasteiger partial charge on any atom is 0.191 e. The highest BCUT2D eigenvalue weighted by atomic mass is 15.3. The Balaban J connectivity index is 1.74. The van der Waals surface area contributed by atoms with Gasteiger partial charge in [0, 0.05) is 45.3 Å². The van der Waals surface area contributed by atoms with E-state index in [0.29, 0.717) is 6.04 Å². The van der Waals surface area contributed by atoms with Crippen LogP contribution >= 0.6 is 0 Å². The summed E-state index contributed by atoms with van der Waals surface area (Å²) in [5.74, 6) is 0.753. The molecule has 2 N–H and O–H groups in total. The van der Waals surface area contributed by atoms with Gasteiger partial charge < -0.3 is 15.5 Å². The zero-order chi connectivity index (χ0) is 14.4. The van der Waals surface area contributed by atoms with Crippen molar-refractivity contribution in [2.75, 3.05) is 52.4 Å². The predicted octanol–water partition coefficient (Wildman–Crippen LogP) is 0.813. The minimum absolute atomic E-state index is 0.498. The lowest BCUT2D eigenvalue weighted by Crippen LogP contribution is -2.50. The topological polar surface area (TPSA) is 48.1 Å². The first-order valence-corrected chi connectivity index (χ1v) is 8.22. The van der Waals surface area contributed by atoms with Crippen molar-refractivity contribution < 1.29 is 0 Å². The number of guanidine groups is 1. The van der Waals surface area contributed by atoms with Gasteiger partial charge in [-0.3, -0.25) is 9.89 Å². The van der Waals surface area contributed by atoms with Crippen molar-refractivity contribution in [1.29, 1.82) is 0 Å². The van der Waals surface area contributed by atoms with E-state index in [1.807, 2.05) is 0 Å². The molecule has 20 heavy (non-hydrogen) atoms. The first-order chi connectivity index (χ1) is 9.70. The van der Waals surface area contributed by atoms with Gasteiger partial charge in [0.1, 0.15) is 0 Å². The highest BCUT2D eigenvalue weighted by molar-refractivity contribution is 5.78. The second kappa shape index (κ2) is 7.84. The molecule has 0 aromatic rings. The molecule has 1 unspecified atom stereocenters. The van der Waals surface area contributed by atoms with E-state index < -0.39 is 0 Å². The van der Waals surface area contributed by atoms with Crippen LogP contribution in [0.3, 0.4) is 0 Å². The molecule has 0 radical (unpaired) electrons. The molecule has 1 atom stereocenters. The number of nitrogens with two attached hydrogens (primary N) is 1. The molecule has 0 aromatic heterocycles. The second-order valence-corrected chi connectivity index (χ2v) is 6.07. The van der Waals surface area contributed by atoms with Gasteiger partial charge in [0.05, 0.1) is 6.54 Å². The number of nitrogens with zero attached hydrogens (tertiary/aromatic N) is 4. The summed E-state index contributed by atoms with van der Waals surface area (Å²) in [6, 6.07) is 0.498. The molecule has 0 aromatic carbocycles. The van der Waals surface area contributed by atoms with Crippen LogP contribution in [0.2, 0.25) is 0 Å². The number of piperidine rings is 1. The van der Waals surface area contributed by atoms with Crippen molar-refractivity contribution in [2.24, 2.45) is 10.7 Å². The van der Waals surface area contributed by atoms with Crippen molar-refractivity contribution in [1.82, 2.24) is 14.7 Å². The van der Waals surface area contributed by atoms with Crippen LogP contribution in [0, 0.1) is 0 Å². The maximum atomic E-state index is 6.12. The molecule has 0 aliphatic carbocycles. The van der Waals surface area contributed by atoms with Crippen LogP contribution < -0.4 is 5.73 Å². The number of aliphatic imine (C=N–C) groups is 1. The first kappa shape index (κ1) is 15.6. The molecule has 2 fully saturated rings. The van der Waals surface area contributed by atoms with E-state index in [-0.39, 0.29) is 0 Å². The Labute approximate surface area is 123 Å². The van der Waals surface area contributed by atoms with E-state index in [1.165, 1.54) is 38.9 Å². The smallest absolute Gasteiger partial charge is 0.191 e. The van der Waals surface area contributed by atoms with Crippen LogP contribution in [-0.4, -0.2) is 79.1 Å². The first-order valence-electron chi connectivity index (χ1n) is 8.22. The molecule has 0 bridgehead atoms. The molecule has 5 nitrogen and oxygen atoms in total. The Morgan fingerprint density at radius 2 is 1.70 bits per heavy atom. The molecule has 2 heterocycles. The predicted molar refractivity (Wildman–Crippen MR) is 85.1 cm³/mol. The second-order valence-electron chi connectivity index (χ2n) is 6.07. The third kappa shape index (κ3) is 4.35. The Kier molecular flexibility index (Phi) is 6.10. The lowest BCUT2D eigenvalue weighted by Gasteiger charge is -2.37. The third-order valence-corrected chi connectivity index (χ3v) is 4.68. The van der Waals surface area contributed by atoms with Crippen molar-refractivity contribution in [3.8, 4) is 0 Å². The fourth-order valence-corrected chi connectivity index (χ4v) is 3.08. The van der Waals surface area contributed by atoms with E-state index in [0.717, 1.165) is 38.7 Å². The number of likely N-dealkylation sites (N-methyl/N-ethyl adjacent to an activating group) is 1. The Morgan fingerprint density at radius 1 is 1.05 bits per heavy atom. The number of rotatable bonds is 4. The van der Waals surface area contributed by atoms with Gasteiger partial charge in [0.15, 0.2) is 5.96 Å². The van der Waals surface area contributed by atoms with Gasteiger partial charge in [-0.25, -0.2) is 0 Å². The van der Waals surface area contributed by atoms with Crippen molar-refractivity contribution in [3.05, 3.63) is 0 Å². The van der Waals surface area contributed by atoms with Crippen LogP contribution in [0.4, 0.5) is 0 Å². The molecule has 0 amide bonds. The number of hydrogen-bond donors (Lipinski definition) is 1. The fourth-order valence-electron chi connectivity index (χ4n) is 3.08. The zero-order valence-corrected chi connectivity index (χ0v) is 13.2. The summed E-state index contributed by atoms with van der Waals surface area (Å²) in [6.07, 6.45) is 3.84. The molecule has 116 valence electrons. The molecule has 0 spiro atoms. The standard InChI is InChI=1S/C15H31N5/c1-3-18-9-11-19(12-10-18)14(2)13-17-15(16)20-7-5-4-6-8-20/h14H,3-13H2,1-2H3,(H2,16,17). The fraction of sp³-hybridized carbons (Fsp3) is 0.933. The summed E-state index contributed by atoms with van der Waals surface area (Å²) in [5.41, 5.74) is 6.12. The van der Waals surface area contributed by atoms with E-state index >= 15 is 0 Å². The van der Waals surface area contributed by atoms with E-state index in [2.05, 4.69) is 33.5 Å². The summed E-state index contributed by atoms with van der Waals surface area (Å²) < 4.78 is 0. The summed E-state index contributed by atoms with van der Waals surface area (Å²) in [7, 11) is 0. The number of piperazine rings is 1. The summed E-state index contributed by atoms with van der Waals surface area (Å²) >= 11 is 0. The largest absolute Gasteiger partial charge is 0.370 e. The zero-order valence-electron chi connectivity index (χ0n) is 13.2. The molecule has 2 saturated heterocycles. The average molecular weight is 281 g/mol. The lowest BCUT2D eigenvalue weighted by atomic mass is 10.1. The van der Waals surface area contributed by atoms with Gasteiger partial charge in [0.2, 0.25) is 0 Å². The molecule has 5 heteroatoms. The van der Waals surface area contributed by atoms with E-state index in [9.17, 15) is 0 Å². The number of likely N-dealkylation sites (tertiary alicyclic amines) is 1. The van der Waals surface area contributed by atoms with Gasteiger partial charge >= 0.3 is 0 Å². The molecular weight excluding hydrogens is 250 g/mol. The molecule has 0 saturated carbocycles. The normalized spacial score (nSPS) is 24.9. The monoisotopic (exact) mass is 281 g/mol. The van der Waals surface area contributed by atoms with E-state index in [1.54, 1.807) is 0 Å². The van der Waals surface area contributed by atoms with Crippen molar-refractivity contribution in [3.63, 3.8) is 0 Å². The van der Waals surface area contributed by atoms with Gasteiger partial charge in [-0.15, -0.1) is 0 Å². The van der Waals surface area contributed by atoms with Crippen molar-refractivity contribution >= 4 is 5.96 Å². The Bertz CT molecular complexity index is 303. The van der Waals surface area contributed by atoms with Crippen molar-refractivity contribution in [2.45, 2.75) is 39.2 Å². The van der Waals surface area contributed by atoms with Gasteiger partial charge in [-0.2, -0.15) is 0 Å². The molecule has 2 rings (SSSR count). The maximum absolute atomic E-state index is 6.12. The van der Waals surface area contributed by atoms with E-state index in [4.69, 9.17) is 5.73 Å². The SMILES string of the molecule is CCN1CCN(C(C)CN=C(N)N2CCCCC2)CC1. The average Bonchev–Trinajstić information content (AvgIpc) is 2.53. The molecule has 2 aliphatic heterocycles. The summed E-state index contributed by atoms with van der Waals surface area (Å²) in [5, 5.41) is 0. The number of hydrogen-bond acceptors (Lipinski definition) is 3. The van der Waals surface area contributed by atoms with Gasteiger partial charge in [-0.1, -0.05) is 6.92 Å². The van der Waals surface area contributed by atoms with Gasteiger partial charge in [-0.05, 0) is 32.7 Å². The van der Waals surface area contributed by atoms with Crippen LogP contribution in [0.1, 0.15) is 33.1 Å². The Morgan fingerprint density at radius 3 is 2.30 bits per heavy atom. The van der Waals surface area contributed by atoms with Crippen LogP contribution in [-0.2, 0) is 0 Å². The molecular formula is C15H31N5. The molecule has 2 aliphatic rings. The lowest BCUT2D eigenvalue weighted by molar-refractivity contribution is 0.109. The summed E-state index contributed by atoms with van der Waals surface area (Å²) in [6.45, 7) is 13.4. The Hall–Kier alpha value is -0.810. The highest BCUT2D eigenvalue weighted by Crippen LogP contribution is 2.09. The van der Waals surface area contributed by atoms with Gasteiger partial charge in [0.25, 0.3) is 0 Å². The quantitative estimate of drug-likeness (QED) is 0.612. The van der Waals surface area contributed by atoms with Crippen LogP contribution in [0.25, 0.3) is 0 Å². The van der Waals surface area contributed by atoms with Crippen LogP contribution in [0.15, 0.2) is 4.99 Å². The minimum atomic E-state index is 0.498. The third-order valence-electron chi connectivity index (χ3n) is 4.68. The summed E-state index contributed by atoms with van der Waals surface area (Å²) in [4.78, 5) is 11.9. The minimum Gasteiger partial charge on any atom is -0.370 e. The van der Waals surface area contributed by atoms with Crippen LogP contribution in [0.5, 0.6) is 0 Å². The highest BCUT2D eigenvalue weighted by Gasteiger charge is 2.20.